The fourth-order valence-corrected chi connectivity index (χ4v) is 9.74. The van der Waals surface area contributed by atoms with Crippen LogP contribution in [0.25, 0.3) is 21.8 Å². The van der Waals surface area contributed by atoms with Gasteiger partial charge in [0.2, 0.25) is 0 Å². The van der Waals surface area contributed by atoms with Crippen molar-refractivity contribution < 1.29 is 71.6 Å². The minimum absolute atomic E-state index is 0. The van der Waals surface area contributed by atoms with Gasteiger partial charge in [0.05, 0.1) is 59.8 Å². The number of carbonyl (C=O) groups is 2. The molecule has 0 spiro atoms. The smallest absolute Gasteiger partial charge is 0.506 e. The van der Waals surface area contributed by atoms with Crippen molar-refractivity contribution in [3.63, 3.8) is 0 Å². The number of hydrogen-bond donors (Lipinski definition) is 4. The number of methoxy groups -OCH3 is 1. The Morgan fingerprint density at radius 3 is 1.85 bits per heavy atom. The first kappa shape index (κ1) is 42.1. The number of carbonyl (C=O) groups excluding carboxylic acids is 1. The van der Waals surface area contributed by atoms with E-state index < -0.39 is 47.0 Å². The first-order valence-corrected chi connectivity index (χ1v) is 19.5. The monoisotopic (exact) mass is 978 g/mol. The summed E-state index contributed by atoms with van der Waals surface area (Å²) < 4.78 is 5.72. The molecule has 5 aromatic heterocycles. The van der Waals surface area contributed by atoms with Gasteiger partial charge in [-0.05, 0) is 60.7 Å². The number of aliphatic hydroxyl groups is 1. The van der Waals surface area contributed by atoms with Crippen molar-refractivity contribution in [2.75, 3.05) is 20.2 Å². The number of pyridine rings is 5. The predicted octanol–water partition coefficient (Wildman–Crippen LogP) is 6.01. The number of piperidine rings is 2. The number of fused-ring (bicyclic) bond motifs is 4. The Balaban J connectivity index is 0.00000514. The van der Waals surface area contributed by atoms with Gasteiger partial charge in [-0.25, -0.2) is 19.7 Å². The maximum absolute atomic E-state index is 15.0. The van der Waals surface area contributed by atoms with Gasteiger partial charge in [0.15, 0.2) is 0 Å². The number of aromatic nitrogens is 5. The number of rotatable bonds is 9. The van der Waals surface area contributed by atoms with Crippen LogP contribution >= 0.6 is 0 Å². The Morgan fingerprint density at radius 1 is 0.738 bits per heavy atom. The number of aromatic hydroxyl groups is 2. The molecule has 0 radical (unpaired) electrons. The number of likely N-dealkylation sites (tertiary alicyclic amines) is 2. The van der Waals surface area contributed by atoms with Crippen LogP contribution in [0.15, 0.2) is 128 Å². The van der Waals surface area contributed by atoms with Crippen molar-refractivity contribution in [2.24, 2.45) is 10.8 Å². The number of phenolic OH excluding ortho intramolecular Hbond substituents is 2. The zero-order valence-electron chi connectivity index (χ0n) is 33.0. The van der Waals surface area contributed by atoms with Gasteiger partial charge in [-0.2, -0.15) is 0 Å². The average Bonchev–Trinajstić information content (AvgIpc) is 3.26. The maximum atomic E-state index is 15.0. The van der Waals surface area contributed by atoms with Gasteiger partial charge >= 0.3 is 48.8 Å². The second kappa shape index (κ2) is 16.7. The third kappa shape index (κ3) is 7.15. The first-order chi connectivity index (χ1) is 29.0. The van der Waals surface area contributed by atoms with Crippen LogP contribution in [0.1, 0.15) is 64.0 Å². The molecular weight excluding hydrogens is 938 g/mol. The molecular formula is C46H41LuN7O7+3. The molecule has 2 aromatic carbocycles. The number of aliphatic hydroxyl groups excluding tert-OH is 1. The number of benzene rings is 2. The molecule has 0 aliphatic carbocycles. The molecule has 61 heavy (non-hydrogen) atoms. The van der Waals surface area contributed by atoms with Crippen molar-refractivity contribution in [3.05, 3.63) is 162 Å². The van der Waals surface area contributed by atoms with Gasteiger partial charge in [0, 0.05) is 48.2 Å². The topological polar surface area (TPSA) is 195 Å². The van der Waals surface area contributed by atoms with Crippen molar-refractivity contribution in [3.8, 4) is 11.5 Å². The molecule has 5 unspecified atom stereocenters. The first-order valence-electron chi connectivity index (χ1n) is 19.5. The van der Waals surface area contributed by atoms with E-state index in [1.807, 2.05) is 66.4 Å². The molecule has 0 amide bonds. The Morgan fingerprint density at radius 2 is 1.31 bits per heavy atom. The maximum Gasteiger partial charge on any atom is 3.00 e. The van der Waals surface area contributed by atoms with E-state index in [0.29, 0.717) is 50.3 Å². The van der Waals surface area contributed by atoms with Crippen LogP contribution in [-0.2, 0) is 16.1 Å². The van der Waals surface area contributed by atoms with Gasteiger partial charge in [0.1, 0.15) is 33.6 Å². The molecule has 9 rings (SSSR count). The number of para-hydroxylation sites is 2. The van der Waals surface area contributed by atoms with Gasteiger partial charge < -0.3 is 25.2 Å². The van der Waals surface area contributed by atoms with E-state index in [1.54, 1.807) is 67.0 Å². The number of aromatic carboxylic acids is 1. The van der Waals surface area contributed by atoms with E-state index in [0.717, 1.165) is 0 Å². The summed E-state index contributed by atoms with van der Waals surface area (Å²) in [5.41, 5.74) is 0.0799. The quantitative estimate of drug-likeness (QED) is 0.123. The normalized spacial score (nSPS) is 22.8. The van der Waals surface area contributed by atoms with Crippen molar-refractivity contribution >= 4 is 33.7 Å². The predicted molar refractivity (Wildman–Crippen MR) is 219 cm³/mol. The molecule has 314 valence electrons. The Kier molecular flexibility index (Phi) is 11.5. The van der Waals surface area contributed by atoms with E-state index in [2.05, 4.69) is 9.88 Å². The average molecular weight is 979 g/mol. The minimum atomic E-state index is -1.76. The summed E-state index contributed by atoms with van der Waals surface area (Å²) >= 11 is 0. The van der Waals surface area contributed by atoms with Gasteiger partial charge in [-0.15, -0.1) is 0 Å². The van der Waals surface area contributed by atoms with E-state index in [4.69, 9.17) is 24.7 Å². The van der Waals surface area contributed by atoms with Crippen LogP contribution < -0.4 is 0 Å². The van der Waals surface area contributed by atoms with E-state index in [-0.39, 0.29) is 73.7 Å². The molecule has 2 bridgehead atoms. The van der Waals surface area contributed by atoms with Crippen LogP contribution in [0, 0.1) is 47.7 Å². The van der Waals surface area contributed by atoms with Crippen LogP contribution in [0.4, 0.5) is 0 Å². The Bertz CT molecular complexity index is 2680. The minimum Gasteiger partial charge on any atom is -0.506 e. The summed E-state index contributed by atoms with van der Waals surface area (Å²) in [6, 6.07) is 30.9. The summed E-state index contributed by atoms with van der Waals surface area (Å²) in [6.07, 6.45) is 1.94. The molecule has 2 aliphatic heterocycles. The summed E-state index contributed by atoms with van der Waals surface area (Å²) in [5.74, 6) is -1.90. The zero-order chi connectivity index (χ0) is 41.8. The van der Waals surface area contributed by atoms with E-state index >= 15 is 4.79 Å². The van der Waals surface area contributed by atoms with Crippen LogP contribution in [0.2, 0.25) is 0 Å². The SMILES string of the molecule is COC(=O)C12CN(C(c3ccc4cccc(O)c4n3)c3ccc4cccc(O)c4n3)CC(C)(C(c3ccccn3)N(Cc3cccc(C(=O)O)n3)C1c1ccccn1)C2O.[Lu+3]. The Hall–Kier alpha value is -5.64. The molecule has 0 saturated carbocycles. The van der Waals surface area contributed by atoms with Gasteiger partial charge in [-0.1, -0.05) is 61.5 Å². The molecule has 2 fully saturated rings. The molecule has 2 aliphatic rings. The number of carboxylic acids is 1. The Labute approximate surface area is 379 Å². The number of ether oxygens (including phenoxy) is 1. The molecule has 5 atom stereocenters. The third-order valence-corrected chi connectivity index (χ3v) is 12.1. The number of hydrogen-bond acceptors (Lipinski definition) is 13. The molecule has 2 saturated heterocycles. The largest absolute Gasteiger partial charge is 3.00 e. The molecule has 4 N–H and O–H groups in total. The van der Waals surface area contributed by atoms with E-state index in [9.17, 15) is 25.2 Å². The summed E-state index contributed by atoms with van der Waals surface area (Å²) in [4.78, 5) is 55.5. The summed E-state index contributed by atoms with van der Waals surface area (Å²) in [5, 5.41) is 46.6. The summed E-state index contributed by atoms with van der Waals surface area (Å²) in [6.45, 7) is 2.01. The van der Waals surface area contributed by atoms with E-state index in [1.165, 1.54) is 13.2 Å². The number of esters is 1. The molecule has 14 nitrogen and oxygen atoms in total. The summed E-state index contributed by atoms with van der Waals surface area (Å²) in [7, 11) is 1.29. The fraction of sp³-hybridized carbons (Fsp3) is 0.239. The van der Waals surface area contributed by atoms with Crippen LogP contribution in [0.5, 0.6) is 11.5 Å². The number of phenols is 2. The second-order valence-corrected chi connectivity index (χ2v) is 15.7. The number of carboxylic acid groups (broad SMARTS) is 1. The van der Waals surface area contributed by atoms with Crippen LogP contribution in [0.3, 0.4) is 0 Å². The van der Waals surface area contributed by atoms with Gasteiger partial charge in [0.25, 0.3) is 0 Å². The van der Waals surface area contributed by atoms with Gasteiger partial charge in [-0.3, -0.25) is 24.6 Å². The molecule has 15 heteroatoms. The van der Waals surface area contributed by atoms with Crippen LogP contribution in [-0.4, -0.2) is 93.4 Å². The fourth-order valence-electron chi connectivity index (χ4n) is 9.74. The van der Waals surface area contributed by atoms with Crippen molar-refractivity contribution in [1.29, 1.82) is 0 Å². The number of nitrogens with zero attached hydrogens (tertiary/aromatic N) is 7. The third-order valence-electron chi connectivity index (χ3n) is 12.1. The van der Waals surface area contributed by atoms with Crippen molar-refractivity contribution in [1.82, 2.24) is 34.7 Å². The molecule has 7 heterocycles. The second-order valence-electron chi connectivity index (χ2n) is 15.7. The van der Waals surface area contributed by atoms with Crippen molar-refractivity contribution in [2.45, 2.75) is 37.7 Å². The standard InChI is InChI=1S/C46H41N7O7.Lu/c1-45-25-52(39(30-20-18-27-10-7-16-35(54)37(27)50-30)31-21-19-28-11-8-17-36(55)38(28)51-31)26-46(43(45)58,44(59)60-2)41(33-14-4-6-23-48-33)53(40(45)32-13-3-5-22-47-32)24-29-12-9-15-34(49-29)42(56)57;/h3-23,39-41,43,54-55,58H,24-26H2,1-2H3,(H,56,57);/q;+3. The molecule has 7 aromatic rings. The zero-order valence-corrected chi connectivity index (χ0v) is 34.6.